The molecule has 14 heavy (non-hydrogen) atoms. The van der Waals surface area contributed by atoms with Crippen molar-refractivity contribution in [3.8, 4) is 0 Å². The molecule has 0 aromatic heterocycles. The van der Waals surface area contributed by atoms with Crippen LogP contribution in [-0.4, -0.2) is 11.4 Å². The van der Waals surface area contributed by atoms with E-state index >= 15 is 0 Å². The number of hydrogen-bond donors (Lipinski definition) is 0. The summed E-state index contributed by atoms with van der Waals surface area (Å²) in [6.45, 7) is 4.04. The monoisotopic (exact) mass is 194 g/mol. The van der Waals surface area contributed by atoms with Gasteiger partial charge in [-0.2, -0.15) is 0 Å². The predicted octanol–water partition coefficient (Wildman–Crippen LogP) is 2.83. The summed E-state index contributed by atoms with van der Waals surface area (Å²) in [5.74, 6) is 0.214. The molecule has 0 amide bonds. The Morgan fingerprint density at radius 1 is 1.21 bits per heavy atom. The van der Waals surface area contributed by atoms with Crippen molar-refractivity contribution in [1.29, 1.82) is 0 Å². The summed E-state index contributed by atoms with van der Waals surface area (Å²) >= 11 is 0. The molecule has 0 saturated heterocycles. The van der Waals surface area contributed by atoms with Crippen LogP contribution >= 0.6 is 0 Å². The van der Waals surface area contributed by atoms with Crippen molar-refractivity contribution in [2.45, 2.75) is 51.6 Å². The summed E-state index contributed by atoms with van der Waals surface area (Å²) in [4.78, 5) is 11.8. The van der Waals surface area contributed by atoms with E-state index in [0.29, 0.717) is 0 Å². The van der Waals surface area contributed by atoms with Crippen molar-refractivity contribution in [3.63, 3.8) is 0 Å². The Bertz CT molecular complexity index is 270. The molecule has 0 bridgehead atoms. The van der Waals surface area contributed by atoms with Crippen LogP contribution in [0, 0.1) is 5.41 Å². The molecule has 0 N–H and O–H groups in total. The van der Waals surface area contributed by atoms with Crippen molar-refractivity contribution in [2.24, 2.45) is 5.41 Å². The second-order valence-corrected chi connectivity index (χ2v) is 4.96. The average molecular weight is 194 g/mol. The molecule has 1 saturated carbocycles. The van der Waals surface area contributed by atoms with E-state index in [1.54, 1.807) is 12.3 Å². The Kier molecular flexibility index (Phi) is 2.17. The van der Waals surface area contributed by atoms with Gasteiger partial charge in [0, 0.05) is 6.08 Å². The average Bonchev–Trinajstić information content (AvgIpc) is 2.17. The summed E-state index contributed by atoms with van der Waals surface area (Å²) in [5, 5.41) is 0. The van der Waals surface area contributed by atoms with E-state index in [4.69, 9.17) is 4.74 Å². The molecule has 2 nitrogen and oxygen atoms in total. The molecular weight excluding hydrogens is 176 g/mol. The highest BCUT2D eigenvalue weighted by atomic mass is 16.5. The van der Waals surface area contributed by atoms with Crippen molar-refractivity contribution in [1.82, 2.24) is 0 Å². The van der Waals surface area contributed by atoms with Crippen LogP contribution in [-0.2, 0) is 9.53 Å². The highest BCUT2D eigenvalue weighted by Gasteiger charge is 2.52. The first-order valence-electron chi connectivity index (χ1n) is 5.47. The molecule has 0 atom stereocenters. The Hall–Kier alpha value is -0.790. The maximum Gasteiger partial charge on any atom is 0.168 e. The SMILES string of the molecule is CC1(C)C(=O)C=COC12CCCCC2. The van der Waals surface area contributed by atoms with Crippen LogP contribution in [0.3, 0.4) is 0 Å². The molecular formula is C12H18O2. The lowest BCUT2D eigenvalue weighted by Gasteiger charge is -2.48. The van der Waals surface area contributed by atoms with Gasteiger partial charge in [0.1, 0.15) is 5.60 Å². The highest BCUT2D eigenvalue weighted by molar-refractivity contribution is 5.95. The van der Waals surface area contributed by atoms with Crippen LogP contribution in [0.5, 0.6) is 0 Å². The van der Waals surface area contributed by atoms with Crippen LogP contribution in [0.4, 0.5) is 0 Å². The van der Waals surface area contributed by atoms with Crippen LogP contribution in [0.25, 0.3) is 0 Å². The third kappa shape index (κ3) is 1.20. The highest BCUT2D eigenvalue weighted by Crippen LogP contribution is 2.47. The Morgan fingerprint density at radius 2 is 1.86 bits per heavy atom. The van der Waals surface area contributed by atoms with Crippen LogP contribution < -0.4 is 0 Å². The minimum absolute atomic E-state index is 0.211. The van der Waals surface area contributed by atoms with Gasteiger partial charge in [-0.3, -0.25) is 4.79 Å². The number of rotatable bonds is 0. The summed E-state index contributed by atoms with van der Waals surface area (Å²) in [7, 11) is 0. The van der Waals surface area contributed by atoms with E-state index in [1.165, 1.54) is 19.3 Å². The number of allylic oxidation sites excluding steroid dienone is 1. The number of ketones is 1. The molecule has 2 rings (SSSR count). The van der Waals surface area contributed by atoms with E-state index in [2.05, 4.69) is 0 Å². The number of carbonyl (C=O) groups excluding carboxylic acids is 1. The molecule has 0 radical (unpaired) electrons. The van der Waals surface area contributed by atoms with Gasteiger partial charge in [-0.1, -0.05) is 6.42 Å². The maximum absolute atomic E-state index is 11.8. The lowest BCUT2D eigenvalue weighted by molar-refractivity contribution is -0.151. The largest absolute Gasteiger partial charge is 0.494 e. The molecule has 1 aliphatic heterocycles. The molecule has 2 aliphatic rings. The zero-order valence-corrected chi connectivity index (χ0v) is 9.01. The van der Waals surface area contributed by atoms with Gasteiger partial charge >= 0.3 is 0 Å². The third-order valence-corrected chi connectivity index (χ3v) is 3.93. The fraction of sp³-hybridized carbons (Fsp3) is 0.750. The summed E-state index contributed by atoms with van der Waals surface area (Å²) < 4.78 is 5.79. The minimum Gasteiger partial charge on any atom is -0.494 e. The zero-order chi connectivity index (χ0) is 10.2. The maximum atomic E-state index is 11.8. The Balaban J connectivity index is 2.33. The van der Waals surface area contributed by atoms with Gasteiger partial charge in [0.25, 0.3) is 0 Å². The topological polar surface area (TPSA) is 26.3 Å². The quantitative estimate of drug-likeness (QED) is 0.592. The zero-order valence-electron chi connectivity index (χ0n) is 9.01. The summed E-state index contributed by atoms with van der Waals surface area (Å²) in [5.41, 5.74) is -0.556. The number of ether oxygens (including phenoxy) is 1. The number of carbonyl (C=O) groups is 1. The van der Waals surface area contributed by atoms with Gasteiger partial charge in [-0.15, -0.1) is 0 Å². The Labute approximate surface area is 85.3 Å². The van der Waals surface area contributed by atoms with Gasteiger partial charge in [0.2, 0.25) is 0 Å². The van der Waals surface area contributed by atoms with E-state index in [-0.39, 0.29) is 16.8 Å². The van der Waals surface area contributed by atoms with E-state index in [0.717, 1.165) is 12.8 Å². The van der Waals surface area contributed by atoms with Gasteiger partial charge in [-0.05, 0) is 39.5 Å². The predicted molar refractivity (Wildman–Crippen MR) is 54.8 cm³/mol. The fourth-order valence-corrected chi connectivity index (χ4v) is 2.67. The molecule has 0 aromatic rings. The fourth-order valence-electron chi connectivity index (χ4n) is 2.67. The summed E-state index contributed by atoms with van der Waals surface area (Å²) in [6, 6.07) is 0. The smallest absolute Gasteiger partial charge is 0.168 e. The molecule has 1 fully saturated rings. The Morgan fingerprint density at radius 3 is 2.50 bits per heavy atom. The molecule has 1 aliphatic carbocycles. The van der Waals surface area contributed by atoms with Crippen LogP contribution in [0.15, 0.2) is 12.3 Å². The van der Waals surface area contributed by atoms with Gasteiger partial charge in [0.15, 0.2) is 5.78 Å². The van der Waals surface area contributed by atoms with E-state index in [1.807, 2.05) is 13.8 Å². The third-order valence-electron chi connectivity index (χ3n) is 3.93. The van der Waals surface area contributed by atoms with Gasteiger partial charge < -0.3 is 4.74 Å². The second kappa shape index (κ2) is 3.11. The van der Waals surface area contributed by atoms with Gasteiger partial charge in [-0.25, -0.2) is 0 Å². The standard InChI is InChI=1S/C12H18O2/c1-11(2)10(13)6-9-14-12(11)7-4-3-5-8-12/h6,9H,3-5,7-8H2,1-2H3. The van der Waals surface area contributed by atoms with Crippen molar-refractivity contribution < 1.29 is 9.53 Å². The van der Waals surface area contributed by atoms with E-state index < -0.39 is 0 Å². The number of hydrogen-bond acceptors (Lipinski definition) is 2. The first kappa shape index (κ1) is 9.75. The van der Waals surface area contributed by atoms with Crippen LogP contribution in [0.1, 0.15) is 46.0 Å². The lowest BCUT2D eigenvalue weighted by Crippen LogP contribution is -2.53. The van der Waals surface area contributed by atoms with Crippen molar-refractivity contribution in [2.75, 3.05) is 0 Å². The molecule has 0 aromatic carbocycles. The van der Waals surface area contributed by atoms with Gasteiger partial charge in [0.05, 0.1) is 11.7 Å². The van der Waals surface area contributed by atoms with Crippen molar-refractivity contribution >= 4 is 5.78 Å². The first-order valence-corrected chi connectivity index (χ1v) is 5.47. The summed E-state index contributed by atoms with van der Waals surface area (Å²) in [6.07, 6.45) is 8.86. The molecule has 78 valence electrons. The molecule has 1 spiro atoms. The van der Waals surface area contributed by atoms with E-state index in [9.17, 15) is 4.79 Å². The molecule has 1 heterocycles. The first-order chi connectivity index (χ1) is 6.58. The van der Waals surface area contributed by atoms with Crippen LogP contribution in [0.2, 0.25) is 0 Å². The minimum atomic E-state index is -0.345. The molecule has 2 heteroatoms. The normalized spacial score (nSPS) is 28.9. The van der Waals surface area contributed by atoms with Crippen molar-refractivity contribution in [3.05, 3.63) is 12.3 Å². The molecule has 0 unspecified atom stereocenters. The lowest BCUT2D eigenvalue weighted by atomic mass is 9.64. The second-order valence-electron chi connectivity index (χ2n) is 4.96.